The Morgan fingerprint density at radius 3 is 2.89 bits per heavy atom. The number of hydrogen-bond acceptors (Lipinski definition) is 4. The number of rotatable bonds is 6. The number of fused-ring (bicyclic) bond motifs is 1. The van der Waals surface area contributed by atoms with Crippen LogP contribution in [-0.4, -0.2) is 36.8 Å². The normalized spacial score (nSPS) is 12.0. The summed E-state index contributed by atoms with van der Waals surface area (Å²) in [7, 11) is 1.70. The van der Waals surface area contributed by atoms with Gasteiger partial charge in [0.25, 0.3) is 0 Å². The number of nitrogens with zero attached hydrogens (tertiary/aromatic N) is 2. The molecule has 0 aliphatic carbocycles. The third-order valence-corrected chi connectivity index (χ3v) is 2.75. The van der Waals surface area contributed by atoms with E-state index >= 15 is 0 Å². The first-order valence-electron chi connectivity index (χ1n) is 6.38. The van der Waals surface area contributed by atoms with Gasteiger partial charge >= 0.3 is 0 Å². The molecule has 4 nitrogen and oxygen atoms in total. The second-order valence-electron chi connectivity index (χ2n) is 4.44. The maximum absolute atomic E-state index is 4.99. The second kappa shape index (κ2) is 6.97. The van der Waals surface area contributed by atoms with Gasteiger partial charge in [0.15, 0.2) is 0 Å². The molecule has 0 radical (unpaired) electrons. The van der Waals surface area contributed by atoms with Crippen molar-refractivity contribution in [1.29, 1.82) is 0 Å². The largest absolute Gasteiger partial charge is 0.383 e. The minimum Gasteiger partial charge on any atom is -0.383 e. The molecule has 1 aromatic heterocycles. The molecule has 0 saturated carbocycles. The summed E-state index contributed by atoms with van der Waals surface area (Å²) in [6, 6.07) is 7.89. The summed E-state index contributed by atoms with van der Waals surface area (Å²) in [6.07, 6.45) is 3.86. The highest BCUT2D eigenvalue weighted by molar-refractivity contribution is 5.74. The molecule has 4 heteroatoms. The standard InChI is InChI=1S/C15H19N3O/c1-12(10-16-7-8-19-2)9-13-11-17-14-5-3-4-6-15(14)18-13/h3-6,9,11,16H,7-8,10H2,1-2H3. The molecule has 19 heavy (non-hydrogen) atoms. The lowest BCUT2D eigenvalue weighted by Crippen LogP contribution is -2.20. The van der Waals surface area contributed by atoms with Crippen LogP contribution in [0.1, 0.15) is 12.6 Å². The van der Waals surface area contributed by atoms with Gasteiger partial charge in [0.1, 0.15) is 0 Å². The Kier molecular flexibility index (Phi) is 5.01. The van der Waals surface area contributed by atoms with Gasteiger partial charge in [-0.05, 0) is 25.1 Å². The third kappa shape index (κ3) is 4.12. The van der Waals surface area contributed by atoms with E-state index in [1.165, 1.54) is 5.57 Å². The van der Waals surface area contributed by atoms with Crippen LogP contribution in [0.15, 0.2) is 36.0 Å². The first-order valence-corrected chi connectivity index (χ1v) is 6.38. The molecule has 100 valence electrons. The average Bonchev–Trinajstić information content (AvgIpc) is 2.43. The summed E-state index contributed by atoms with van der Waals surface area (Å²) < 4.78 is 4.99. The number of ether oxygens (including phenoxy) is 1. The van der Waals surface area contributed by atoms with Gasteiger partial charge in [-0.25, -0.2) is 4.98 Å². The van der Waals surface area contributed by atoms with Gasteiger partial charge in [-0.15, -0.1) is 0 Å². The molecule has 2 aromatic rings. The zero-order chi connectivity index (χ0) is 13.5. The fourth-order valence-electron chi connectivity index (χ4n) is 1.80. The van der Waals surface area contributed by atoms with E-state index in [1.54, 1.807) is 13.3 Å². The van der Waals surface area contributed by atoms with Gasteiger partial charge in [-0.3, -0.25) is 4.98 Å². The lowest BCUT2D eigenvalue weighted by atomic mass is 10.2. The Labute approximate surface area is 113 Å². The Bertz CT molecular complexity index is 566. The maximum Gasteiger partial charge on any atom is 0.0894 e. The fourth-order valence-corrected chi connectivity index (χ4v) is 1.80. The van der Waals surface area contributed by atoms with Gasteiger partial charge in [0.05, 0.1) is 29.5 Å². The quantitative estimate of drug-likeness (QED) is 0.806. The van der Waals surface area contributed by atoms with Crippen LogP contribution in [0.4, 0.5) is 0 Å². The molecular weight excluding hydrogens is 238 g/mol. The Hall–Kier alpha value is -1.78. The van der Waals surface area contributed by atoms with E-state index in [0.29, 0.717) is 0 Å². The summed E-state index contributed by atoms with van der Waals surface area (Å²) in [5.74, 6) is 0. The van der Waals surface area contributed by atoms with Gasteiger partial charge in [0, 0.05) is 20.2 Å². The smallest absolute Gasteiger partial charge is 0.0894 e. The van der Waals surface area contributed by atoms with Crippen molar-refractivity contribution >= 4 is 17.1 Å². The van der Waals surface area contributed by atoms with Crippen molar-refractivity contribution in [2.75, 3.05) is 26.8 Å². The van der Waals surface area contributed by atoms with Gasteiger partial charge in [0.2, 0.25) is 0 Å². The number of methoxy groups -OCH3 is 1. The van der Waals surface area contributed by atoms with Crippen LogP contribution in [0.2, 0.25) is 0 Å². The molecule has 0 unspecified atom stereocenters. The van der Waals surface area contributed by atoms with Crippen LogP contribution in [0.3, 0.4) is 0 Å². The average molecular weight is 257 g/mol. The van der Waals surface area contributed by atoms with E-state index in [9.17, 15) is 0 Å². The molecule has 0 saturated heterocycles. The van der Waals surface area contributed by atoms with Crippen molar-refractivity contribution in [2.24, 2.45) is 0 Å². The van der Waals surface area contributed by atoms with Crippen molar-refractivity contribution in [1.82, 2.24) is 15.3 Å². The molecule has 0 bridgehead atoms. The number of benzene rings is 1. The molecule has 2 rings (SSSR count). The summed E-state index contributed by atoms with van der Waals surface area (Å²) in [4.78, 5) is 8.96. The van der Waals surface area contributed by atoms with Gasteiger partial charge < -0.3 is 10.1 Å². The van der Waals surface area contributed by atoms with E-state index in [1.807, 2.05) is 24.3 Å². The maximum atomic E-state index is 4.99. The van der Waals surface area contributed by atoms with Crippen LogP contribution in [0.5, 0.6) is 0 Å². The number of nitrogens with one attached hydrogen (secondary N) is 1. The van der Waals surface area contributed by atoms with E-state index < -0.39 is 0 Å². The Morgan fingerprint density at radius 1 is 1.32 bits per heavy atom. The molecule has 0 aliphatic rings. The highest BCUT2D eigenvalue weighted by atomic mass is 16.5. The first kappa shape index (κ1) is 13.6. The van der Waals surface area contributed by atoms with Crippen molar-refractivity contribution in [3.8, 4) is 0 Å². The van der Waals surface area contributed by atoms with Crippen LogP contribution >= 0.6 is 0 Å². The predicted molar refractivity (Wildman–Crippen MR) is 77.9 cm³/mol. The summed E-state index contributed by atoms with van der Waals surface area (Å²) in [5.41, 5.74) is 3.97. The number of para-hydroxylation sites is 2. The Balaban J connectivity index is 2.03. The fraction of sp³-hybridized carbons (Fsp3) is 0.333. The van der Waals surface area contributed by atoms with E-state index in [2.05, 4.69) is 28.3 Å². The first-order chi connectivity index (χ1) is 9.29. The molecule has 0 atom stereocenters. The lowest BCUT2D eigenvalue weighted by Gasteiger charge is -2.04. The molecule has 0 spiro atoms. The molecule has 1 N–H and O–H groups in total. The van der Waals surface area contributed by atoms with Crippen LogP contribution in [0, 0.1) is 0 Å². The van der Waals surface area contributed by atoms with E-state index in [0.717, 1.165) is 36.4 Å². The summed E-state index contributed by atoms with van der Waals surface area (Å²) >= 11 is 0. The van der Waals surface area contributed by atoms with Crippen LogP contribution in [0.25, 0.3) is 17.1 Å². The van der Waals surface area contributed by atoms with Crippen molar-refractivity contribution in [2.45, 2.75) is 6.92 Å². The highest BCUT2D eigenvalue weighted by Crippen LogP contribution is 2.10. The van der Waals surface area contributed by atoms with Crippen molar-refractivity contribution in [3.05, 3.63) is 41.7 Å². The zero-order valence-corrected chi connectivity index (χ0v) is 11.4. The molecule has 1 aromatic carbocycles. The topological polar surface area (TPSA) is 47.0 Å². The highest BCUT2D eigenvalue weighted by Gasteiger charge is 1.97. The minimum absolute atomic E-state index is 0.725. The summed E-state index contributed by atoms with van der Waals surface area (Å²) in [5, 5.41) is 3.30. The van der Waals surface area contributed by atoms with E-state index in [4.69, 9.17) is 4.74 Å². The molecule has 0 aliphatic heterocycles. The predicted octanol–water partition coefficient (Wildman–Crippen LogP) is 2.27. The summed E-state index contributed by atoms with van der Waals surface area (Å²) in [6.45, 7) is 4.49. The molecule has 0 amide bonds. The van der Waals surface area contributed by atoms with Crippen molar-refractivity contribution in [3.63, 3.8) is 0 Å². The zero-order valence-electron chi connectivity index (χ0n) is 11.4. The van der Waals surface area contributed by atoms with Crippen LogP contribution in [-0.2, 0) is 4.74 Å². The number of aromatic nitrogens is 2. The van der Waals surface area contributed by atoms with Crippen LogP contribution < -0.4 is 5.32 Å². The SMILES string of the molecule is COCCNCC(C)=Cc1cnc2ccccc2n1. The molecular formula is C15H19N3O. The van der Waals surface area contributed by atoms with Gasteiger partial charge in [-0.1, -0.05) is 17.7 Å². The number of hydrogen-bond donors (Lipinski definition) is 1. The van der Waals surface area contributed by atoms with Gasteiger partial charge in [-0.2, -0.15) is 0 Å². The molecule has 0 fully saturated rings. The minimum atomic E-state index is 0.725. The monoisotopic (exact) mass is 257 g/mol. The van der Waals surface area contributed by atoms with Crippen molar-refractivity contribution < 1.29 is 4.74 Å². The Morgan fingerprint density at radius 2 is 2.11 bits per heavy atom. The second-order valence-corrected chi connectivity index (χ2v) is 4.44. The van der Waals surface area contributed by atoms with E-state index in [-0.39, 0.29) is 0 Å². The lowest BCUT2D eigenvalue weighted by molar-refractivity contribution is 0.200. The third-order valence-electron chi connectivity index (χ3n) is 2.75. The molecule has 1 heterocycles.